The van der Waals surface area contributed by atoms with Crippen molar-refractivity contribution in [2.45, 2.75) is 38.0 Å². The maximum atomic E-state index is 13.3. The number of amidine groups is 1. The highest BCUT2D eigenvalue weighted by atomic mass is 35.5. The molecule has 0 saturated heterocycles. The number of sulfonamides is 1. The fourth-order valence-electron chi connectivity index (χ4n) is 3.18. The van der Waals surface area contributed by atoms with E-state index in [1.54, 1.807) is 46.0 Å². The summed E-state index contributed by atoms with van der Waals surface area (Å²) in [5.41, 5.74) is 0.375. The standard InChI is InChI=1S/C21H27ClN10O3S/c1-12(19-25-9-15(22)10-26-19)14(3)36(33,34)31-21-30-29-20(16-7-6-8-17(28-16)35-5)32(21)13(2)18(23)27-11-24-4/h6-14H,1-5H3,(H,30,31)(H2,23,24,27)/t12-,13+,14-/m0/s1. The lowest BCUT2D eigenvalue weighted by atomic mass is 10.1. The van der Waals surface area contributed by atoms with Gasteiger partial charge in [-0.05, 0) is 19.9 Å². The molecule has 3 N–H and O–H groups in total. The van der Waals surface area contributed by atoms with Crippen molar-refractivity contribution < 1.29 is 13.2 Å². The Hall–Kier alpha value is -3.65. The maximum Gasteiger partial charge on any atom is 0.239 e. The number of hydrogen-bond acceptors (Lipinski definition) is 9. The Labute approximate surface area is 214 Å². The second-order valence-electron chi connectivity index (χ2n) is 7.79. The van der Waals surface area contributed by atoms with Crippen LogP contribution in [-0.4, -0.2) is 69.7 Å². The van der Waals surface area contributed by atoms with Gasteiger partial charge in [0.1, 0.15) is 17.4 Å². The average molecular weight is 535 g/mol. The predicted molar refractivity (Wildman–Crippen MR) is 137 cm³/mol. The molecule has 0 amide bonds. The predicted octanol–water partition coefficient (Wildman–Crippen LogP) is 2.51. The van der Waals surface area contributed by atoms with Crippen LogP contribution in [0.3, 0.4) is 0 Å². The zero-order chi connectivity index (χ0) is 26.5. The van der Waals surface area contributed by atoms with E-state index in [1.807, 2.05) is 0 Å². The third-order valence-electron chi connectivity index (χ3n) is 5.45. The number of pyridine rings is 1. The normalized spacial score (nSPS) is 14.3. The van der Waals surface area contributed by atoms with E-state index in [4.69, 9.17) is 21.7 Å². The van der Waals surface area contributed by atoms with E-state index < -0.39 is 27.2 Å². The van der Waals surface area contributed by atoms with Crippen molar-refractivity contribution in [1.29, 1.82) is 5.41 Å². The Morgan fingerprint density at radius 2 is 1.92 bits per heavy atom. The largest absolute Gasteiger partial charge is 0.481 e. The Kier molecular flexibility index (Phi) is 8.53. The molecule has 36 heavy (non-hydrogen) atoms. The van der Waals surface area contributed by atoms with Crippen LogP contribution in [0.5, 0.6) is 5.88 Å². The highest BCUT2D eigenvalue weighted by molar-refractivity contribution is 7.93. The first kappa shape index (κ1) is 26.9. The number of anilines is 1. The Balaban J connectivity index is 2.02. The van der Waals surface area contributed by atoms with Crippen LogP contribution in [0.1, 0.15) is 38.6 Å². The lowest BCUT2D eigenvalue weighted by Crippen LogP contribution is -2.32. The van der Waals surface area contributed by atoms with E-state index in [0.29, 0.717) is 22.4 Å². The molecule has 0 radical (unpaired) electrons. The van der Waals surface area contributed by atoms with Crippen molar-refractivity contribution in [3.05, 3.63) is 41.4 Å². The van der Waals surface area contributed by atoms with Crippen molar-refractivity contribution in [2.24, 2.45) is 4.99 Å². The van der Waals surface area contributed by atoms with Gasteiger partial charge in [-0.3, -0.25) is 14.7 Å². The molecule has 0 spiro atoms. The molecule has 0 saturated carbocycles. The monoisotopic (exact) mass is 534 g/mol. The van der Waals surface area contributed by atoms with Crippen LogP contribution in [0.4, 0.5) is 5.95 Å². The molecule has 0 aliphatic carbocycles. The lowest BCUT2D eigenvalue weighted by Gasteiger charge is -2.21. The van der Waals surface area contributed by atoms with Crippen LogP contribution < -0.4 is 14.8 Å². The summed E-state index contributed by atoms with van der Waals surface area (Å²) in [6.07, 6.45) is 4.18. The third kappa shape index (κ3) is 5.94. The van der Waals surface area contributed by atoms with Gasteiger partial charge in [0.15, 0.2) is 5.82 Å². The smallest absolute Gasteiger partial charge is 0.239 e. The van der Waals surface area contributed by atoms with E-state index >= 15 is 0 Å². The van der Waals surface area contributed by atoms with Gasteiger partial charge in [0.2, 0.25) is 21.9 Å². The molecule has 3 heterocycles. The minimum absolute atomic E-state index is 0.0651. The Bertz CT molecular complexity index is 1340. The van der Waals surface area contributed by atoms with Crippen molar-refractivity contribution in [1.82, 2.24) is 35.0 Å². The molecule has 0 aromatic carbocycles. The number of rotatable bonds is 10. The number of aromatic nitrogens is 6. The number of nitrogens with one attached hydrogen (secondary N) is 3. The summed E-state index contributed by atoms with van der Waals surface area (Å²) in [6.45, 7) is 4.92. The molecule has 192 valence electrons. The summed E-state index contributed by atoms with van der Waals surface area (Å²) >= 11 is 5.85. The molecule has 0 fully saturated rings. The van der Waals surface area contributed by atoms with Crippen molar-refractivity contribution in [3.8, 4) is 17.4 Å². The van der Waals surface area contributed by atoms with E-state index in [9.17, 15) is 8.42 Å². The molecule has 3 rings (SSSR count). The molecular formula is C21H27ClN10O3S. The second kappa shape index (κ2) is 11.4. The summed E-state index contributed by atoms with van der Waals surface area (Å²) in [4.78, 5) is 16.7. The molecule has 0 unspecified atom stereocenters. The molecule has 3 aromatic heterocycles. The van der Waals surface area contributed by atoms with Gasteiger partial charge in [-0.1, -0.05) is 24.6 Å². The van der Waals surface area contributed by atoms with E-state index in [-0.39, 0.29) is 17.6 Å². The molecule has 0 aliphatic rings. The van der Waals surface area contributed by atoms with Gasteiger partial charge in [-0.15, -0.1) is 10.2 Å². The number of halogens is 1. The van der Waals surface area contributed by atoms with Gasteiger partial charge in [-0.2, -0.15) is 0 Å². The zero-order valence-electron chi connectivity index (χ0n) is 20.3. The minimum atomic E-state index is -4.00. The molecule has 3 atom stereocenters. The summed E-state index contributed by atoms with van der Waals surface area (Å²) in [6, 6.07) is 4.31. The topological polar surface area (TPSA) is 173 Å². The van der Waals surface area contributed by atoms with E-state index in [2.05, 4.69) is 40.2 Å². The van der Waals surface area contributed by atoms with E-state index in [0.717, 1.165) is 0 Å². The first-order valence-electron chi connectivity index (χ1n) is 10.8. The van der Waals surface area contributed by atoms with Gasteiger partial charge in [0.05, 0.1) is 29.8 Å². The van der Waals surface area contributed by atoms with Crippen molar-refractivity contribution in [3.63, 3.8) is 0 Å². The summed E-state index contributed by atoms with van der Waals surface area (Å²) in [5.74, 6) is 0.172. The third-order valence-corrected chi connectivity index (χ3v) is 7.50. The average Bonchev–Trinajstić information content (AvgIpc) is 3.28. The van der Waals surface area contributed by atoms with Crippen LogP contribution in [-0.2, 0) is 10.0 Å². The van der Waals surface area contributed by atoms with Crippen LogP contribution in [0, 0.1) is 5.41 Å². The van der Waals surface area contributed by atoms with Crippen molar-refractivity contribution in [2.75, 3.05) is 18.9 Å². The molecular weight excluding hydrogens is 508 g/mol. The van der Waals surface area contributed by atoms with Crippen LogP contribution >= 0.6 is 11.6 Å². The fourth-order valence-corrected chi connectivity index (χ4v) is 4.51. The van der Waals surface area contributed by atoms with Gasteiger partial charge in [0.25, 0.3) is 0 Å². The highest BCUT2D eigenvalue weighted by Crippen LogP contribution is 2.28. The summed E-state index contributed by atoms with van der Waals surface area (Å²) in [5, 5.41) is 18.7. The zero-order valence-corrected chi connectivity index (χ0v) is 21.9. The molecule has 0 bridgehead atoms. The van der Waals surface area contributed by atoms with E-state index in [1.165, 1.54) is 30.4 Å². The van der Waals surface area contributed by atoms with Gasteiger partial charge < -0.3 is 10.1 Å². The highest BCUT2D eigenvalue weighted by Gasteiger charge is 2.32. The molecule has 3 aromatic rings. The lowest BCUT2D eigenvalue weighted by molar-refractivity contribution is 0.398. The minimum Gasteiger partial charge on any atom is -0.481 e. The van der Waals surface area contributed by atoms with Gasteiger partial charge in [0, 0.05) is 31.4 Å². The fraction of sp³-hybridized carbons (Fsp3) is 0.381. The second-order valence-corrected chi connectivity index (χ2v) is 10.3. The molecule has 15 heteroatoms. The first-order valence-corrected chi connectivity index (χ1v) is 12.7. The Morgan fingerprint density at radius 3 is 2.56 bits per heavy atom. The van der Waals surface area contributed by atoms with Gasteiger partial charge >= 0.3 is 0 Å². The number of hydrogen-bond donors (Lipinski definition) is 3. The molecule has 13 nitrogen and oxygen atoms in total. The number of nitrogens with zero attached hydrogens (tertiary/aromatic N) is 7. The summed E-state index contributed by atoms with van der Waals surface area (Å²) < 4.78 is 35.8. The SMILES string of the molecule is CN/C=N\C(=N)[C@@H](C)n1c(NS(=O)(=O)[C@@H](C)[C@H](C)c2ncc(Cl)cn2)nnc1-c1cccc(OC)n1. The van der Waals surface area contributed by atoms with Crippen molar-refractivity contribution >= 4 is 39.7 Å². The van der Waals surface area contributed by atoms with Crippen LogP contribution in [0.25, 0.3) is 11.5 Å². The number of methoxy groups -OCH3 is 1. The quantitative estimate of drug-likeness (QED) is 0.261. The van der Waals surface area contributed by atoms with Crippen LogP contribution in [0.15, 0.2) is 35.6 Å². The first-order chi connectivity index (χ1) is 17.1. The van der Waals surface area contributed by atoms with Crippen LogP contribution in [0.2, 0.25) is 5.02 Å². The Morgan fingerprint density at radius 1 is 1.22 bits per heavy atom. The van der Waals surface area contributed by atoms with Gasteiger partial charge in [-0.25, -0.2) is 28.4 Å². The number of aliphatic imine (C=N–C) groups is 1. The summed E-state index contributed by atoms with van der Waals surface area (Å²) in [7, 11) is -0.872. The molecule has 0 aliphatic heterocycles. The number of ether oxygens (including phenoxy) is 1. The maximum absolute atomic E-state index is 13.3.